The SMILES string of the molecule is COC(=O)/C=C(/Nc1c([N+](=O)[O-])ccc(OC)c1Br)C(=O)OC. The highest BCUT2D eigenvalue weighted by atomic mass is 79.9. The van der Waals surface area contributed by atoms with Crippen LogP contribution in [0.15, 0.2) is 28.4 Å². The minimum Gasteiger partial charge on any atom is -0.495 e. The van der Waals surface area contributed by atoms with E-state index in [4.69, 9.17) is 4.74 Å². The minimum absolute atomic E-state index is 0.0742. The maximum absolute atomic E-state index is 11.7. The molecule has 0 atom stereocenters. The number of hydrogen-bond acceptors (Lipinski definition) is 8. The monoisotopic (exact) mass is 388 g/mol. The van der Waals surface area contributed by atoms with Gasteiger partial charge in [-0.3, -0.25) is 10.1 Å². The number of esters is 2. The van der Waals surface area contributed by atoms with Gasteiger partial charge in [0.05, 0.1) is 36.8 Å². The normalized spacial score (nSPS) is 10.7. The van der Waals surface area contributed by atoms with Gasteiger partial charge in [-0.15, -0.1) is 0 Å². The largest absolute Gasteiger partial charge is 0.495 e. The first-order valence-corrected chi connectivity index (χ1v) is 6.80. The molecule has 0 saturated heterocycles. The molecule has 0 radical (unpaired) electrons. The number of rotatable bonds is 6. The molecule has 23 heavy (non-hydrogen) atoms. The molecule has 124 valence electrons. The average Bonchev–Trinajstić information content (AvgIpc) is 2.54. The van der Waals surface area contributed by atoms with Gasteiger partial charge < -0.3 is 19.5 Å². The van der Waals surface area contributed by atoms with E-state index < -0.39 is 16.9 Å². The molecule has 9 nitrogen and oxygen atoms in total. The standard InChI is InChI=1S/C13H13BrN2O7/c1-21-9-5-4-8(16(19)20)12(11(9)14)15-7(13(18)23-3)6-10(17)22-2/h4-6,15H,1-3H3/b7-6+. The summed E-state index contributed by atoms with van der Waals surface area (Å²) in [5.41, 5.74) is -0.747. The Labute approximate surface area is 139 Å². The molecule has 1 aromatic rings. The smallest absolute Gasteiger partial charge is 0.354 e. The predicted octanol–water partition coefficient (Wildman–Crippen LogP) is 2.01. The van der Waals surface area contributed by atoms with Crippen molar-refractivity contribution < 1.29 is 28.7 Å². The fourth-order valence-electron chi connectivity index (χ4n) is 1.54. The maximum Gasteiger partial charge on any atom is 0.354 e. The molecular formula is C13H13BrN2O7. The lowest BCUT2D eigenvalue weighted by Crippen LogP contribution is -2.16. The van der Waals surface area contributed by atoms with Crippen molar-refractivity contribution in [2.75, 3.05) is 26.6 Å². The number of hydrogen-bond donors (Lipinski definition) is 1. The van der Waals surface area contributed by atoms with Gasteiger partial charge in [0.2, 0.25) is 0 Å². The van der Waals surface area contributed by atoms with Crippen molar-refractivity contribution in [3.8, 4) is 5.75 Å². The molecule has 0 saturated carbocycles. The Morgan fingerprint density at radius 1 is 1.26 bits per heavy atom. The summed E-state index contributed by atoms with van der Waals surface area (Å²) in [4.78, 5) is 33.6. The van der Waals surface area contributed by atoms with Gasteiger partial charge in [0.25, 0.3) is 5.69 Å². The Bertz CT molecular complexity index is 673. The van der Waals surface area contributed by atoms with Gasteiger partial charge in [-0.1, -0.05) is 0 Å². The van der Waals surface area contributed by atoms with Crippen LogP contribution in [0.3, 0.4) is 0 Å². The lowest BCUT2D eigenvalue weighted by molar-refractivity contribution is -0.384. The number of carbonyl (C=O) groups excluding carboxylic acids is 2. The molecule has 0 aliphatic rings. The number of methoxy groups -OCH3 is 3. The zero-order chi connectivity index (χ0) is 17.6. The summed E-state index contributed by atoms with van der Waals surface area (Å²) in [6, 6.07) is 2.58. The molecule has 0 aliphatic heterocycles. The highest BCUT2D eigenvalue weighted by Crippen LogP contribution is 2.40. The summed E-state index contributed by atoms with van der Waals surface area (Å²) in [6.45, 7) is 0. The number of nitro groups is 1. The quantitative estimate of drug-likeness (QED) is 0.340. The molecule has 0 heterocycles. The average molecular weight is 389 g/mol. The van der Waals surface area contributed by atoms with Crippen LogP contribution in [0.4, 0.5) is 11.4 Å². The van der Waals surface area contributed by atoms with Crippen LogP contribution in [0.5, 0.6) is 5.75 Å². The summed E-state index contributed by atoms with van der Waals surface area (Å²) < 4.78 is 14.2. The van der Waals surface area contributed by atoms with E-state index in [9.17, 15) is 19.7 Å². The number of halogens is 1. The van der Waals surface area contributed by atoms with E-state index in [2.05, 4.69) is 30.7 Å². The van der Waals surface area contributed by atoms with Crippen molar-refractivity contribution in [2.45, 2.75) is 0 Å². The third kappa shape index (κ3) is 4.42. The fraction of sp³-hybridized carbons (Fsp3) is 0.231. The van der Waals surface area contributed by atoms with Gasteiger partial charge in [-0.05, 0) is 22.0 Å². The lowest BCUT2D eigenvalue weighted by Gasteiger charge is -2.13. The van der Waals surface area contributed by atoms with Crippen molar-refractivity contribution in [1.29, 1.82) is 0 Å². The molecule has 1 aromatic carbocycles. The third-order valence-corrected chi connectivity index (χ3v) is 3.42. The molecule has 0 unspecified atom stereocenters. The highest BCUT2D eigenvalue weighted by molar-refractivity contribution is 9.10. The number of benzene rings is 1. The molecule has 0 bridgehead atoms. The van der Waals surface area contributed by atoms with Gasteiger partial charge in [0.15, 0.2) is 0 Å². The first kappa shape index (κ1) is 18.4. The zero-order valence-electron chi connectivity index (χ0n) is 12.4. The number of ether oxygens (including phenoxy) is 3. The Balaban J connectivity index is 3.42. The van der Waals surface area contributed by atoms with Crippen LogP contribution in [-0.2, 0) is 19.1 Å². The first-order valence-electron chi connectivity index (χ1n) is 6.01. The van der Waals surface area contributed by atoms with Crippen LogP contribution in [0.2, 0.25) is 0 Å². The Kier molecular flexibility index (Phi) is 6.51. The molecule has 1 N–H and O–H groups in total. The molecular weight excluding hydrogens is 376 g/mol. The maximum atomic E-state index is 11.7. The van der Waals surface area contributed by atoms with Gasteiger partial charge in [-0.25, -0.2) is 9.59 Å². The van der Waals surface area contributed by atoms with E-state index in [1.807, 2.05) is 0 Å². The van der Waals surface area contributed by atoms with Crippen molar-refractivity contribution >= 4 is 39.2 Å². The number of nitrogens with zero attached hydrogens (tertiary/aromatic N) is 1. The van der Waals surface area contributed by atoms with Crippen LogP contribution < -0.4 is 10.1 Å². The van der Waals surface area contributed by atoms with Crippen molar-refractivity contribution in [3.63, 3.8) is 0 Å². The molecule has 0 aromatic heterocycles. The summed E-state index contributed by atoms with van der Waals surface area (Å²) >= 11 is 3.16. The van der Waals surface area contributed by atoms with Crippen LogP contribution in [0.1, 0.15) is 0 Å². The van der Waals surface area contributed by atoms with E-state index in [1.54, 1.807) is 0 Å². The summed E-state index contributed by atoms with van der Waals surface area (Å²) in [7, 11) is 3.60. The van der Waals surface area contributed by atoms with Crippen LogP contribution >= 0.6 is 15.9 Å². The highest BCUT2D eigenvalue weighted by Gasteiger charge is 2.23. The van der Waals surface area contributed by atoms with E-state index in [0.29, 0.717) is 5.75 Å². The second-order valence-electron chi connectivity index (χ2n) is 3.93. The number of anilines is 1. The van der Waals surface area contributed by atoms with Crippen LogP contribution in [-0.4, -0.2) is 38.2 Å². The molecule has 0 amide bonds. The molecule has 10 heteroatoms. The second kappa shape index (κ2) is 8.13. The lowest BCUT2D eigenvalue weighted by atomic mass is 10.2. The van der Waals surface area contributed by atoms with Crippen molar-refractivity contribution in [3.05, 3.63) is 38.5 Å². The minimum atomic E-state index is -0.903. The Morgan fingerprint density at radius 3 is 2.39 bits per heavy atom. The van der Waals surface area contributed by atoms with E-state index in [-0.39, 0.29) is 21.5 Å². The van der Waals surface area contributed by atoms with Gasteiger partial charge >= 0.3 is 11.9 Å². The van der Waals surface area contributed by atoms with E-state index in [1.165, 1.54) is 19.2 Å². The summed E-state index contributed by atoms with van der Waals surface area (Å²) in [5.74, 6) is -1.45. The third-order valence-electron chi connectivity index (χ3n) is 2.63. The van der Waals surface area contributed by atoms with E-state index >= 15 is 0 Å². The van der Waals surface area contributed by atoms with E-state index in [0.717, 1.165) is 20.3 Å². The number of nitrogens with one attached hydrogen (secondary N) is 1. The van der Waals surface area contributed by atoms with Crippen LogP contribution in [0.25, 0.3) is 0 Å². The Hall–Kier alpha value is -2.62. The van der Waals surface area contributed by atoms with Gasteiger partial charge in [0, 0.05) is 6.07 Å². The zero-order valence-corrected chi connectivity index (χ0v) is 14.0. The van der Waals surface area contributed by atoms with Crippen LogP contribution in [0, 0.1) is 10.1 Å². The first-order chi connectivity index (χ1) is 10.8. The fourth-order valence-corrected chi connectivity index (χ4v) is 2.14. The predicted molar refractivity (Wildman–Crippen MR) is 83.1 cm³/mol. The second-order valence-corrected chi connectivity index (χ2v) is 4.72. The molecule has 0 spiro atoms. The topological polar surface area (TPSA) is 117 Å². The summed E-state index contributed by atoms with van der Waals surface area (Å²) in [5, 5.41) is 13.7. The Morgan fingerprint density at radius 2 is 1.91 bits per heavy atom. The van der Waals surface area contributed by atoms with Crippen molar-refractivity contribution in [1.82, 2.24) is 0 Å². The number of nitro benzene ring substituents is 1. The van der Waals surface area contributed by atoms with Crippen molar-refractivity contribution in [2.24, 2.45) is 0 Å². The van der Waals surface area contributed by atoms with Gasteiger partial charge in [0.1, 0.15) is 17.1 Å². The molecule has 0 fully saturated rings. The number of carbonyl (C=O) groups is 2. The molecule has 1 rings (SSSR count). The molecule has 0 aliphatic carbocycles. The summed E-state index contributed by atoms with van der Waals surface area (Å²) in [6.07, 6.45) is 0.821. The van der Waals surface area contributed by atoms with Gasteiger partial charge in [-0.2, -0.15) is 0 Å².